The molecule has 0 aromatic rings. The predicted molar refractivity (Wildman–Crippen MR) is 63.5 cm³/mol. The third kappa shape index (κ3) is 2.74. The number of aliphatic hydroxyl groups excluding tert-OH is 1. The maximum atomic E-state index is 9.41. The fraction of sp³-hybridized carbons (Fsp3) is 1.00. The molecule has 4 nitrogen and oxygen atoms in total. The van der Waals surface area contributed by atoms with Crippen molar-refractivity contribution in [1.82, 2.24) is 10.2 Å². The highest BCUT2D eigenvalue weighted by Crippen LogP contribution is 2.23. The second kappa shape index (κ2) is 5.45. The van der Waals surface area contributed by atoms with E-state index < -0.39 is 0 Å². The van der Waals surface area contributed by atoms with Crippen molar-refractivity contribution in [2.45, 2.75) is 37.3 Å². The van der Waals surface area contributed by atoms with E-state index in [1.807, 2.05) is 7.05 Å². The summed E-state index contributed by atoms with van der Waals surface area (Å²) in [6.45, 7) is 4.40. The standard InChI is InChI=1S/C12H24N2O2/c1-13-12(10-15)4-6-14(7-5-12)9-11-3-2-8-16-11/h11,13,15H,2-10H2,1H3. The molecule has 2 aliphatic heterocycles. The highest BCUT2D eigenvalue weighted by atomic mass is 16.5. The van der Waals surface area contributed by atoms with Crippen molar-refractivity contribution in [3.05, 3.63) is 0 Å². The van der Waals surface area contributed by atoms with Crippen LogP contribution in [-0.2, 0) is 4.74 Å². The Morgan fingerprint density at radius 3 is 2.69 bits per heavy atom. The average molecular weight is 228 g/mol. The Morgan fingerprint density at radius 1 is 1.44 bits per heavy atom. The molecule has 0 aliphatic carbocycles. The lowest BCUT2D eigenvalue weighted by atomic mass is 9.88. The van der Waals surface area contributed by atoms with Crippen LogP contribution in [0.1, 0.15) is 25.7 Å². The number of rotatable bonds is 4. The molecular formula is C12H24N2O2. The second-order valence-electron chi connectivity index (χ2n) is 5.12. The molecule has 2 heterocycles. The molecule has 2 rings (SSSR count). The van der Waals surface area contributed by atoms with Crippen molar-refractivity contribution in [2.24, 2.45) is 0 Å². The summed E-state index contributed by atoms with van der Waals surface area (Å²) in [6, 6.07) is 0. The van der Waals surface area contributed by atoms with Gasteiger partial charge in [0.1, 0.15) is 0 Å². The number of hydrogen-bond acceptors (Lipinski definition) is 4. The van der Waals surface area contributed by atoms with E-state index >= 15 is 0 Å². The van der Waals surface area contributed by atoms with E-state index in [0.29, 0.717) is 6.10 Å². The van der Waals surface area contributed by atoms with E-state index in [2.05, 4.69) is 10.2 Å². The van der Waals surface area contributed by atoms with E-state index in [1.165, 1.54) is 12.8 Å². The number of nitrogens with one attached hydrogen (secondary N) is 1. The van der Waals surface area contributed by atoms with E-state index in [4.69, 9.17) is 4.74 Å². The van der Waals surface area contributed by atoms with Crippen molar-refractivity contribution in [3.8, 4) is 0 Å². The topological polar surface area (TPSA) is 44.7 Å². The average Bonchev–Trinajstić information content (AvgIpc) is 2.83. The van der Waals surface area contributed by atoms with Crippen molar-refractivity contribution in [3.63, 3.8) is 0 Å². The summed E-state index contributed by atoms with van der Waals surface area (Å²) in [6.07, 6.45) is 4.96. The van der Waals surface area contributed by atoms with Gasteiger partial charge in [0.25, 0.3) is 0 Å². The fourth-order valence-electron chi connectivity index (χ4n) is 2.73. The van der Waals surface area contributed by atoms with Gasteiger partial charge in [0.2, 0.25) is 0 Å². The van der Waals surface area contributed by atoms with Crippen LogP contribution in [0.2, 0.25) is 0 Å². The molecule has 0 bridgehead atoms. The van der Waals surface area contributed by atoms with Gasteiger partial charge in [0, 0.05) is 31.8 Å². The van der Waals surface area contributed by atoms with Crippen LogP contribution >= 0.6 is 0 Å². The minimum Gasteiger partial charge on any atom is -0.394 e. The van der Waals surface area contributed by atoms with Gasteiger partial charge in [0.15, 0.2) is 0 Å². The van der Waals surface area contributed by atoms with Crippen LogP contribution in [0.25, 0.3) is 0 Å². The fourth-order valence-corrected chi connectivity index (χ4v) is 2.73. The lowest BCUT2D eigenvalue weighted by molar-refractivity contribution is 0.0385. The number of likely N-dealkylation sites (tertiary alicyclic amines) is 1. The van der Waals surface area contributed by atoms with E-state index in [-0.39, 0.29) is 12.1 Å². The summed E-state index contributed by atoms with van der Waals surface area (Å²) in [5, 5.41) is 12.7. The predicted octanol–water partition coefficient (Wildman–Crippen LogP) is 0.212. The van der Waals surface area contributed by atoms with Gasteiger partial charge in [-0.25, -0.2) is 0 Å². The Morgan fingerprint density at radius 2 is 2.19 bits per heavy atom. The summed E-state index contributed by atoms with van der Waals surface area (Å²) in [7, 11) is 1.95. The number of ether oxygens (including phenoxy) is 1. The monoisotopic (exact) mass is 228 g/mol. The van der Waals surface area contributed by atoms with Gasteiger partial charge >= 0.3 is 0 Å². The molecule has 2 fully saturated rings. The number of hydrogen-bond donors (Lipinski definition) is 2. The summed E-state index contributed by atoms with van der Waals surface area (Å²) >= 11 is 0. The summed E-state index contributed by atoms with van der Waals surface area (Å²) < 4.78 is 5.65. The maximum Gasteiger partial charge on any atom is 0.0702 e. The molecule has 0 amide bonds. The molecule has 2 aliphatic rings. The minimum atomic E-state index is -0.0347. The molecule has 2 N–H and O–H groups in total. The van der Waals surface area contributed by atoms with Crippen molar-refractivity contribution in [2.75, 3.05) is 39.9 Å². The van der Waals surface area contributed by atoms with Crippen LogP contribution in [0.5, 0.6) is 0 Å². The lowest BCUT2D eigenvalue weighted by Gasteiger charge is -2.41. The van der Waals surface area contributed by atoms with Gasteiger partial charge in [0.05, 0.1) is 12.7 Å². The first kappa shape index (κ1) is 12.3. The smallest absolute Gasteiger partial charge is 0.0702 e. The van der Waals surface area contributed by atoms with Gasteiger partial charge in [-0.1, -0.05) is 0 Å². The largest absolute Gasteiger partial charge is 0.394 e. The summed E-state index contributed by atoms with van der Waals surface area (Å²) in [4.78, 5) is 2.47. The zero-order chi connectivity index (χ0) is 11.4. The molecule has 0 radical (unpaired) electrons. The molecule has 4 heteroatoms. The Labute approximate surface area is 98.0 Å². The molecule has 0 spiro atoms. The quantitative estimate of drug-likeness (QED) is 0.722. The van der Waals surface area contributed by atoms with Crippen molar-refractivity contribution >= 4 is 0 Å². The molecular weight excluding hydrogens is 204 g/mol. The van der Waals surface area contributed by atoms with Gasteiger partial charge in [-0.3, -0.25) is 0 Å². The number of aliphatic hydroxyl groups is 1. The number of nitrogens with zero attached hydrogens (tertiary/aromatic N) is 1. The number of likely N-dealkylation sites (N-methyl/N-ethyl adjacent to an activating group) is 1. The highest BCUT2D eigenvalue weighted by Gasteiger charge is 2.33. The molecule has 0 aromatic carbocycles. The van der Waals surface area contributed by atoms with Gasteiger partial charge < -0.3 is 20.1 Å². The maximum absolute atomic E-state index is 9.41. The van der Waals surface area contributed by atoms with Crippen LogP contribution in [0.15, 0.2) is 0 Å². The summed E-state index contributed by atoms with van der Waals surface area (Å²) in [5.74, 6) is 0. The molecule has 0 saturated carbocycles. The SMILES string of the molecule is CNC1(CO)CCN(CC2CCCO2)CC1. The van der Waals surface area contributed by atoms with E-state index in [9.17, 15) is 5.11 Å². The highest BCUT2D eigenvalue weighted by molar-refractivity contribution is 4.92. The first-order valence-electron chi connectivity index (χ1n) is 6.42. The van der Waals surface area contributed by atoms with Gasteiger partial charge in [-0.2, -0.15) is 0 Å². The normalized spacial score (nSPS) is 30.8. The van der Waals surface area contributed by atoms with Crippen LogP contribution in [0.3, 0.4) is 0 Å². The zero-order valence-electron chi connectivity index (χ0n) is 10.2. The molecule has 1 unspecified atom stereocenters. The van der Waals surface area contributed by atoms with Crippen molar-refractivity contribution < 1.29 is 9.84 Å². The molecule has 1 atom stereocenters. The molecule has 16 heavy (non-hydrogen) atoms. The Hall–Kier alpha value is -0.160. The molecule has 94 valence electrons. The van der Waals surface area contributed by atoms with Crippen LogP contribution < -0.4 is 5.32 Å². The molecule has 0 aromatic heterocycles. The first-order valence-corrected chi connectivity index (χ1v) is 6.42. The van der Waals surface area contributed by atoms with Crippen LogP contribution in [0, 0.1) is 0 Å². The van der Waals surface area contributed by atoms with Crippen molar-refractivity contribution in [1.29, 1.82) is 0 Å². The van der Waals surface area contributed by atoms with Gasteiger partial charge in [-0.05, 0) is 32.7 Å². The zero-order valence-corrected chi connectivity index (χ0v) is 10.2. The third-order valence-corrected chi connectivity index (χ3v) is 4.13. The Kier molecular flexibility index (Phi) is 4.19. The lowest BCUT2D eigenvalue weighted by Crippen LogP contribution is -2.55. The molecule has 2 saturated heterocycles. The van der Waals surface area contributed by atoms with Crippen LogP contribution in [0.4, 0.5) is 0 Å². The van der Waals surface area contributed by atoms with E-state index in [0.717, 1.165) is 39.1 Å². The van der Waals surface area contributed by atoms with E-state index in [1.54, 1.807) is 0 Å². The first-order chi connectivity index (χ1) is 7.78. The summed E-state index contributed by atoms with van der Waals surface area (Å²) in [5.41, 5.74) is -0.0347. The van der Waals surface area contributed by atoms with Crippen LogP contribution in [-0.4, -0.2) is 61.5 Å². The number of piperidine rings is 1. The second-order valence-corrected chi connectivity index (χ2v) is 5.12. The Balaban J connectivity index is 1.75. The Bertz CT molecular complexity index is 203. The third-order valence-electron chi connectivity index (χ3n) is 4.13. The van der Waals surface area contributed by atoms with Gasteiger partial charge in [-0.15, -0.1) is 0 Å². The minimum absolute atomic E-state index is 0.0347.